The molecule has 0 aliphatic heterocycles. The molecule has 4 aromatic carbocycles. The van der Waals surface area contributed by atoms with Crippen LogP contribution >= 0.6 is 0 Å². The van der Waals surface area contributed by atoms with Crippen molar-refractivity contribution >= 4 is 0 Å². The van der Waals surface area contributed by atoms with E-state index < -0.39 is 5.41 Å². The van der Waals surface area contributed by atoms with Crippen LogP contribution in [0.25, 0.3) is 0 Å². The first-order valence-electron chi connectivity index (χ1n) is 10.8. The highest BCUT2D eigenvalue weighted by molar-refractivity contribution is 5.56. The monoisotopic (exact) mass is 424 g/mol. The van der Waals surface area contributed by atoms with Gasteiger partial charge in [0.15, 0.2) is 0 Å². The van der Waals surface area contributed by atoms with Gasteiger partial charge in [0, 0.05) is 5.41 Å². The van der Waals surface area contributed by atoms with Gasteiger partial charge in [0.2, 0.25) is 0 Å². The lowest BCUT2D eigenvalue weighted by Crippen LogP contribution is -2.27. The van der Waals surface area contributed by atoms with E-state index in [0.717, 1.165) is 23.1 Å². The van der Waals surface area contributed by atoms with Crippen molar-refractivity contribution in [1.29, 1.82) is 0 Å². The van der Waals surface area contributed by atoms with E-state index in [2.05, 4.69) is 32.9 Å². The molecule has 0 spiro atoms. The Kier molecular flexibility index (Phi) is 5.67. The first kappa shape index (κ1) is 21.5. The molecule has 162 valence electrons. The molecule has 0 fully saturated rings. The van der Waals surface area contributed by atoms with Crippen molar-refractivity contribution in [3.05, 3.63) is 124 Å². The lowest BCUT2D eigenvalue weighted by atomic mass is 9.69. The van der Waals surface area contributed by atoms with Gasteiger partial charge in [-0.15, -0.1) is 0 Å². The summed E-state index contributed by atoms with van der Waals surface area (Å²) in [5, 5.41) is 29.3. The van der Waals surface area contributed by atoms with E-state index in [1.165, 1.54) is 22.3 Å². The summed E-state index contributed by atoms with van der Waals surface area (Å²) in [5.74, 6) is 0.744. The van der Waals surface area contributed by atoms with Crippen LogP contribution < -0.4 is 0 Å². The molecular formula is C29H28O3. The summed E-state index contributed by atoms with van der Waals surface area (Å²) in [6.45, 7) is 6.50. The average molecular weight is 425 g/mol. The molecule has 3 heteroatoms. The maximum absolute atomic E-state index is 9.84. The van der Waals surface area contributed by atoms with Crippen molar-refractivity contribution in [1.82, 2.24) is 0 Å². The van der Waals surface area contributed by atoms with Gasteiger partial charge in [-0.3, -0.25) is 0 Å². The second-order valence-electron chi connectivity index (χ2n) is 8.58. The van der Waals surface area contributed by atoms with Gasteiger partial charge >= 0.3 is 0 Å². The highest BCUT2D eigenvalue weighted by atomic mass is 16.3. The first-order chi connectivity index (χ1) is 15.3. The molecule has 0 saturated heterocycles. The van der Waals surface area contributed by atoms with Crippen LogP contribution in [0.4, 0.5) is 0 Å². The molecule has 0 aromatic heterocycles. The molecule has 3 N–H and O–H groups in total. The highest BCUT2D eigenvalue weighted by Crippen LogP contribution is 2.42. The molecule has 0 saturated carbocycles. The summed E-state index contributed by atoms with van der Waals surface area (Å²) in [5.41, 5.74) is 7.69. The summed E-state index contributed by atoms with van der Waals surface area (Å²) in [6.07, 6.45) is 0.794. The second kappa shape index (κ2) is 8.43. The number of phenolic OH excluding ortho intramolecular Hbond substituents is 3. The largest absolute Gasteiger partial charge is 0.508 e. The Bertz CT molecular complexity index is 1180. The van der Waals surface area contributed by atoms with Gasteiger partial charge in [-0.2, -0.15) is 0 Å². The van der Waals surface area contributed by atoms with E-state index in [9.17, 15) is 15.3 Å². The fourth-order valence-corrected chi connectivity index (χ4v) is 4.51. The Labute approximate surface area is 189 Å². The number of hydrogen-bond donors (Lipinski definition) is 3. The van der Waals surface area contributed by atoms with Crippen LogP contribution in [0.1, 0.15) is 45.9 Å². The van der Waals surface area contributed by atoms with Crippen molar-refractivity contribution in [3.8, 4) is 17.2 Å². The number of aromatic hydroxyl groups is 3. The second-order valence-corrected chi connectivity index (χ2v) is 8.58. The van der Waals surface area contributed by atoms with E-state index in [4.69, 9.17) is 0 Å². The van der Waals surface area contributed by atoms with Crippen LogP contribution in [0.5, 0.6) is 17.2 Å². The van der Waals surface area contributed by atoms with Crippen molar-refractivity contribution in [2.75, 3.05) is 0 Å². The lowest BCUT2D eigenvalue weighted by molar-refractivity contribution is 0.474. The molecule has 0 atom stereocenters. The van der Waals surface area contributed by atoms with E-state index in [1.807, 2.05) is 36.4 Å². The Balaban J connectivity index is 1.84. The molecule has 0 radical (unpaired) electrons. The zero-order valence-electron chi connectivity index (χ0n) is 18.6. The van der Waals surface area contributed by atoms with Crippen LogP contribution in [-0.2, 0) is 11.8 Å². The van der Waals surface area contributed by atoms with Gasteiger partial charge < -0.3 is 15.3 Å². The highest BCUT2D eigenvalue weighted by Gasteiger charge is 2.33. The van der Waals surface area contributed by atoms with Crippen LogP contribution in [0, 0.1) is 13.8 Å². The Hall–Kier alpha value is -3.72. The summed E-state index contributed by atoms with van der Waals surface area (Å²) in [6, 6.07) is 26.4. The van der Waals surface area contributed by atoms with E-state index in [1.54, 1.807) is 36.4 Å². The zero-order valence-corrected chi connectivity index (χ0v) is 18.6. The van der Waals surface area contributed by atoms with E-state index in [0.29, 0.717) is 0 Å². The smallest absolute Gasteiger partial charge is 0.115 e. The maximum Gasteiger partial charge on any atom is 0.115 e. The van der Waals surface area contributed by atoms with Crippen molar-refractivity contribution in [2.45, 2.75) is 32.6 Å². The van der Waals surface area contributed by atoms with Crippen LogP contribution in [0.2, 0.25) is 0 Å². The first-order valence-corrected chi connectivity index (χ1v) is 10.8. The van der Waals surface area contributed by atoms with E-state index in [-0.39, 0.29) is 17.2 Å². The molecule has 0 aliphatic rings. The van der Waals surface area contributed by atoms with Gasteiger partial charge in [-0.1, -0.05) is 48.5 Å². The third kappa shape index (κ3) is 3.94. The van der Waals surface area contributed by atoms with E-state index >= 15 is 0 Å². The van der Waals surface area contributed by atoms with Gasteiger partial charge in [-0.05, 0) is 103 Å². The number of phenols is 3. The molecule has 0 heterocycles. The third-order valence-electron chi connectivity index (χ3n) is 6.66. The maximum atomic E-state index is 9.84. The molecule has 0 amide bonds. The SMILES string of the molecule is Cc1c(Cc2ccc(O)cc2)ccc(C(C)(c2ccc(O)cc2)c2ccc(O)cc2)c1C. The Morgan fingerprint density at radius 3 is 1.47 bits per heavy atom. The third-order valence-corrected chi connectivity index (χ3v) is 6.66. The summed E-state index contributed by atoms with van der Waals surface area (Å²) in [4.78, 5) is 0. The van der Waals surface area contributed by atoms with Gasteiger partial charge in [0.05, 0.1) is 0 Å². The fraction of sp³-hybridized carbons (Fsp3) is 0.172. The molecule has 4 aromatic rings. The summed E-state index contributed by atoms with van der Waals surface area (Å²) >= 11 is 0. The average Bonchev–Trinajstić information content (AvgIpc) is 2.79. The molecule has 32 heavy (non-hydrogen) atoms. The van der Waals surface area contributed by atoms with Gasteiger partial charge in [-0.25, -0.2) is 0 Å². The standard InChI is InChI=1S/C29H28O3/c1-19-20(2)28(17-6-22(19)18-21-4-11-25(30)12-5-21)29(3,23-7-13-26(31)14-8-23)24-9-15-27(32)16-10-24/h4-17,30-32H,18H2,1-3H3. The minimum atomic E-state index is -0.465. The molecular weight excluding hydrogens is 396 g/mol. The van der Waals surface area contributed by atoms with Crippen molar-refractivity contribution in [3.63, 3.8) is 0 Å². The van der Waals surface area contributed by atoms with Crippen molar-refractivity contribution in [2.24, 2.45) is 0 Å². The normalized spacial score (nSPS) is 11.5. The minimum Gasteiger partial charge on any atom is -0.508 e. The predicted molar refractivity (Wildman–Crippen MR) is 129 cm³/mol. The molecule has 0 bridgehead atoms. The summed E-state index contributed by atoms with van der Waals surface area (Å²) < 4.78 is 0. The predicted octanol–water partition coefficient (Wildman–Crippen LogP) is 6.37. The van der Waals surface area contributed by atoms with Crippen LogP contribution in [0.3, 0.4) is 0 Å². The lowest BCUT2D eigenvalue weighted by Gasteiger charge is -2.34. The molecule has 0 aliphatic carbocycles. The molecule has 3 nitrogen and oxygen atoms in total. The quantitative estimate of drug-likeness (QED) is 0.326. The Morgan fingerprint density at radius 1 is 0.562 bits per heavy atom. The van der Waals surface area contributed by atoms with Crippen molar-refractivity contribution < 1.29 is 15.3 Å². The minimum absolute atomic E-state index is 0.235. The number of rotatable bonds is 5. The van der Waals surface area contributed by atoms with Gasteiger partial charge in [0.1, 0.15) is 17.2 Å². The molecule has 4 rings (SSSR count). The summed E-state index contributed by atoms with van der Waals surface area (Å²) in [7, 11) is 0. The van der Waals surface area contributed by atoms with Crippen LogP contribution in [-0.4, -0.2) is 15.3 Å². The van der Waals surface area contributed by atoms with Crippen LogP contribution in [0.15, 0.2) is 84.9 Å². The zero-order chi connectivity index (χ0) is 22.9. The number of hydrogen-bond acceptors (Lipinski definition) is 3. The topological polar surface area (TPSA) is 60.7 Å². The Morgan fingerprint density at radius 2 is 1.00 bits per heavy atom. The molecule has 0 unspecified atom stereocenters. The fourth-order valence-electron chi connectivity index (χ4n) is 4.51. The number of benzene rings is 4. The van der Waals surface area contributed by atoms with Gasteiger partial charge in [0.25, 0.3) is 0 Å².